The van der Waals surface area contributed by atoms with E-state index < -0.39 is 18.2 Å². The first-order valence-corrected chi connectivity index (χ1v) is 9.25. The standard InChI is InChI=1S/C21H25N3O4/c1-13(23-12-18(25)15-5-4-8-22-10-15)9-16-11-24-20-17(16)6-3-7-19(20)28-14(2)21(26)27/h3-8,10-11,13-14,18,23-25H,9,12H2,1-2H3,(H,26,27)/t13-,14+,18+/m1/s1. The van der Waals surface area contributed by atoms with Crippen LogP contribution in [0.3, 0.4) is 0 Å². The molecule has 7 nitrogen and oxygen atoms in total. The molecule has 3 aromatic rings. The molecule has 0 aliphatic rings. The number of hydrogen-bond donors (Lipinski definition) is 4. The number of aromatic amines is 1. The van der Waals surface area contributed by atoms with Crippen molar-refractivity contribution in [2.45, 2.75) is 38.5 Å². The maximum Gasteiger partial charge on any atom is 0.344 e. The van der Waals surface area contributed by atoms with Gasteiger partial charge in [0.05, 0.1) is 11.6 Å². The molecule has 0 fully saturated rings. The summed E-state index contributed by atoms with van der Waals surface area (Å²) in [5.41, 5.74) is 2.66. The van der Waals surface area contributed by atoms with E-state index in [9.17, 15) is 9.90 Å². The van der Waals surface area contributed by atoms with Crippen molar-refractivity contribution in [3.8, 4) is 5.75 Å². The van der Waals surface area contributed by atoms with E-state index in [-0.39, 0.29) is 6.04 Å². The van der Waals surface area contributed by atoms with Gasteiger partial charge in [0.15, 0.2) is 6.10 Å². The number of carboxylic acid groups (broad SMARTS) is 1. The Balaban J connectivity index is 1.65. The van der Waals surface area contributed by atoms with Gasteiger partial charge in [0.2, 0.25) is 0 Å². The number of nitrogens with zero attached hydrogens (tertiary/aromatic N) is 1. The van der Waals surface area contributed by atoms with Crippen molar-refractivity contribution < 1.29 is 19.7 Å². The van der Waals surface area contributed by atoms with Gasteiger partial charge in [-0.25, -0.2) is 4.79 Å². The summed E-state index contributed by atoms with van der Waals surface area (Å²) in [5.74, 6) is -0.486. The first-order chi connectivity index (χ1) is 13.5. The average Bonchev–Trinajstić information content (AvgIpc) is 3.10. The molecule has 0 radical (unpaired) electrons. The zero-order valence-electron chi connectivity index (χ0n) is 15.9. The predicted octanol–water partition coefficient (Wildman–Crippen LogP) is 2.67. The molecular formula is C21H25N3O4. The number of carbonyl (C=O) groups is 1. The Morgan fingerprint density at radius 1 is 1.29 bits per heavy atom. The van der Waals surface area contributed by atoms with E-state index in [1.165, 1.54) is 6.92 Å². The number of aliphatic carboxylic acids is 1. The Morgan fingerprint density at radius 3 is 2.82 bits per heavy atom. The van der Waals surface area contributed by atoms with Crippen LogP contribution in [0.4, 0.5) is 0 Å². The van der Waals surface area contributed by atoms with Crippen LogP contribution < -0.4 is 10.1 Å². The summed E-state index contributed by atoms with van der Waals surface area (Å²) in [5, 5.41) is 23.7. The normalized spacial score (nSPS) is 14.5. The fourth-order valence-electron chi connectivity index (χ4n) is 3.10. The Hall–Kier alpha value is -2.90. The number of aliphatic hydroxyl groups is 1. The number of hydrogen-bond acceptors (Lipinski definition) is 5. The van der Waals surface area contributed by atoms with E-state index in [1.807, 2.05) is 24.4 Å². The number of pyridine rings is 1. The Kier molecular flexibility index (Phi) is 6.28. The van der Waals surface area contributed by atoms with Crippen LogP contribution in [0.1, 0.15) is 31.1 Å². The lowest BCUT2D eigenvalue weighted by molar-refractivity contribution is -0.144. The summed E-state index contributed by atoms with van der Waals surface area (Å²) in [6, 6.07) is 9.38. The van der Waals surface area contributed by atoms with Crippen LogP contribution in [0.25, 0.3) is 10.9 Å². The van der Waals surface area contributed by atoms with Crippen LogP contribution in [0, 0.1) is 0 Å². The highest BCUT2D eigenvalue weighted by Crippen LogP contribution is 2.28. The molecule has 4 N–H and O–H groups in total. The molecule has 0 bridgehead atoms. The lowest BCUT2D eigenvalue weighted by Gasteiger charge is -2.17. The zero-order valence-corrected chi connectivity index (χ0v) is 15.9. The first-order valence-electron chi connectivity index (χ1n) is 9.25. The third kappa shape index (κ3) is 4.68. The molecule has 0 spiro atoms. The van der Waals surface area contributed by atoms with E-state index in [0.717, 1.165) is 28.5 Å². The lowest BCUT2D eigenvalue weighted by atomic mass is 10.1. The fraction of sp³-hybridized carbons (Fsp3) is 0.333. The number of aromatic nitrogens is 2. The second-order valence-corrected chi connectivity index (χ2v) is 6.91. The van der Waals surface area contributed by atoms with Gasteiger partial charge in [0.25, 0.3) is 0 Å². The van der Waals surface area contributed by atoms with Crippen LogP contribution in [0.5, 0.6) is 5.75 Å². The molecule has 0 aliphatic heterocycles. The smallest absolute Gasteiger partial charge is 0.344 e. The molecule has 2 heterocycles. The summed E-state index contributed by atoms with van der Waals surface area (Å²) >= 11 is 0. The van der Waals surface area contributed by atoms with Crippen molar-refractivity contribution in [2.75, 3.05) is 6.54 Å². The number of aliphatic hydroxyl groups excluding tert-OH is 1. The maximum absolute atomic E-state index is 11.1. The number of benzene rings is 1. The third-order valence-electron chi connectivity index (χ3n) is 4.67. The van der Waals surface area contributed by atoms with E-state index in [0.29, 0.717) is 12.3 Å². The largest absolute Gasteiger partial charge is 0.479 e. The fourth-order valence-corrected chi connectivity index (χ4v) is 3.10. The van der Waals surface area contributed by atoms with Crippen molar-refractivity contribution in [1.82, 2.24) is 15.3 Å². The van der Waals surface area contributed by atoms with Crippen LogP contribution >= 0.6 is 0 Å². The molecule has 2 aromatic heterocycles. The molecule has 28 heavy (non-hydrogen) atoms. The number of rotatable bonds is 9. The molecule has 1 aromatic carbocycles. The molecule has 148 valence electrons. The van der Waals surface area contributed by atoms with Gasteiger partial charge in [-0.05, 0) is 38.0 Å². The molecule has 3 rings (SSSR count). The lowest BCUT2D eigenvalue weighted by Crippen LogP contribution is -2.32. The van der Waals surface area contributed by atoms with Crippen LogP contribution in [0.2, 0.25) is 0 Å². The van der Waals surface area contributed by atoms with E-state index in [2.05, 4.69) is 22.2 Å². The number of fused-ring (bicyclic) bond motifs is 1. The minimum Gasteiger partial charge on any atom is -0.479 e. The number of carboxylic acids is 1. The van der Waals surface area contributed by atoms with Crippen molar-refractivity contribution in [3.63, 3.8) is 0 Å². The van der Waals surface area contributed by atoms with Crippen molar-refractivity contribution >= 4 is 16.9 Å². The van der Waals surface area contributed by atoms with Crippen molar-refractivity contribution in [1.29, 1.82) is 0 Å². The molecule has 0 saturated heterocycles. The molecule has 0 aliphatic carbocycles. The maximum atomic E-state index is 11.1. The number of para-hydroxylation sites is 1. The second kappa shape index (κ2) is 8.86. The molecule has 0 unspecified atom stereocenters. The average molecular weight is 383 g/mol. The predicted molar refractivity (Wildman–Crippen MR) is 106 cm³/mol. The van der Waals surface area contributed by atoms with Gasteiger partial charge in [-0.2, -0.15) is 0 Å². The third-order valence-corrected chi connectivity index (χ3v) is 4.67. The highest BCUT2D eigenvalue weighted by atomic mass is 16.5. The van der Waals surface area contributed by atoms with Crippen LogP contribution in [-0.2, 0) is 11.2 Å². The van der Waals surface area contributed by atoms with Crippen LogP contribution in [-0.4, -0.2) is 44.8 Å². The summed E-state index contributed by atoms with van der Waals surface area (Å²) in [6.07, 6.45) is 4.47. The first kappa shape index (κ1) is 19.9. The highest BCUT2D eigenvalue weighted by Gasteiger charge is 2.17. The summed E-state index contributed by atoms with van der Waals surface area (Å²) in [7, 11) is 0. The Bertz CT molecular complexity index is 926. The quantitative estimate of drug-likeness (QED) is 0.453. The van der Waals surface area contributed by atoms with Gasteiger partial charge in [-0.15, -0.1) is 0 Å². The Labute approximate surface area is 163 Å². The van der Waals surface area contributed by atoms with Crippen molar-refractivity contribution in [3.05, 3.63) is 60.0 Å². The number of ether oxygens (including phenoxy) is 1. The monoisotopic (exact) mass is 383 g/mol. The molecule has 0 saturated carbocycles. The number of nitrogens with one attached hydrogen (secondary N) is 2. The van der Waals surface area contributed by atoms with Crippen LogP contribution in [0.15, 0.2) is 48.9 Å². The van der Waals surface area contributed by atoms with E-state index in [4.69, 9.17) is 9.84 Å². The van der Waals surface area contributed by atoms with Gasteiger partial charge >= 0.3 is 5.97 Å². The van der Waals surface area contributed by atoms with Gasteiger partial charge < -0.3 is 25.3 Å². The van der Waals surface area contributed by atoms with E-state index >= 15 is 0 Å². The van der Waals surface area contributed by atoms with Gasteiger partial charge in [0, 0.05) is 42.1 Å². The highest BCUT2D eigenvalue weighted by molar-refractivity contribution is 5.88. The molecule has 7 heteroatoms. The SMILES string of the molecule is C[C@H](Cc1c[nH]c2c(O[C@@H](C)C(=O)O)cccc12)NC[C@H](O)c1cccnc1. The van der Waals surface area contributed by atoms with Gasteiger partial charge in [-0.1, -0.05) is 18.2 Å². The minimum atomic E-state index is -1.01. The van der Waals surface area contributed by atoms with Gasteiger partial charge in [-0.3, -0.25) is 4.98 Å². The van der Waals surface area contributed by atoms with E-state index in [1.54, 1.807) is 24.5 Å². The molecular weight excluding hydrogens is 358 g/mol. The summed E-state index contributed by atoms with van der Waals surface area (Å²) < 4.78 is 5.55. The van der Waals surface area contributed by atoms with Gasteiger partial charge in [0.1, 0.15) is 5.75 Å². The summed E-state index contributed by atoms with van der Waals surface area (Å²) in [4.78, 5) is 18.3. The topological polar surface area (TPSA) is 107 Å². The molecule has 0 amide bonds. The Morgan fingerprint density at radius 2 is 2.11 bits per heavy atom. The number of H-pyrrole nitrogens is 1. The molecule has 3 atom stereocenters. The summed E-state index contributed by atoms with van der Waals surface area (Å²) in [6.45, 7) is 3.99. The zero-order chi connectivity index (χ0) is 20.1. The second-order valence-electron chi connectivity index (χ2n) is 6.91. The van der Waals surface area contributed by atoms with Crippen molar-refractivity contribution in [2.24, 2.45) is 0 Å². The minimum absolute atomic E-state index is 0.132.